The second-order valence-corrected chi connectivity index (χ2v) is 4.61. The van der Waals surface area contributed by atoms with E-state index < -0.39 is 4.92 Å². The van der Waals surface area contributed by atoms with Gasteiger partial charge < -0.3 is 10.6 Å². The fourth-order valence-corrected chi connectivity index (χ4v) is 1.91. The summed E-state index contributed by atoms with van der Waals surface area (Å²) in [6.45, 7) is 2.42. The Morgan fingerprint density at radius 1 is 1.23 bits per heavy atom. The van der Waals surface area contributed by atoms with Crippen LogP contribution in [0.4, 0.5) is 17.2 Å². The predicted molar refractivity (Wildman–Crippen MR) is 84.3 cm³/mol. The molecule has 0 aliphatic rings. The molecule has 2 aromatic rings. The molecule has 0 saturated carbocycles. The molecule has 0 amide bonds. The van der Waals surface area contributed by atoms with E-state index in [9.17, 15) is 14.9 Å². The third-order valence-electron chi connectivity index (χ3n) is 3.01. The monoisotopic (exact) mass is 300 g/mol. The average Bonchev–Trinajstić information content (AvgIpc) is 2.52. The molecule has 0 saturated heterocycles. The van der Waals surface area contributed by atoms with Crippen LogP contribution >= 0.6 is 0 Å². The van der Waals surface area contributed by atoms with Gasteiger partial charge in [-0.1, -0.05) is 6.07 Å². The van der Waals surface area contributed by atoms with Crippen molar-refractivity contribution in [2.24, 2.45) is 0 Å². The summed E-state index contributed by atoms with van der Waals surface area (Å²) in [6.07, 6.45) is 1.68. The number of pyridine rings is 1. The predicted octanol–water partition coefficient (Wildman–Crippen LogP) is 2.72. The van der Waals surface area contributed by atoms with E-state index in [0.717, 1.165) is 5.82 Å². The van der Waals surface area contributed by atoms with Crippen molar-refractivity contribution in [2.75, 3.05) is 23.7 Å². The van der Waals surface area contributed by atoms with Crippen LogP contribution in [0.1, 0.15) is 17.3 Å². The number of rotatable bonds is 7. The highest BCUT2D eigenvalue weighted by atomic mass is 16.6. The van der Waals surface area contributed by atoms with Gasteiger partial charge in [-0.25, -0.2) is 4.98 Å². The minimum atomic E-state index is -0.499. The van der Waals surface area contributed by atoms with Gasteiger partial charge in [-0.3, -0.25) is 14.9 Å². The number of nitrogens with zero attached hydrogens (tertiary/aromatic N) is 2. The van der Waals surface area contributed by atoms with Crippen molar-refractivity contribution in [1.82, 2.24) is 4.98 Å². The fourth-order valence-electron chi connectivity index (χ4n) is 1.91. The second-order valence-electron chi connectivity index (χ2n) is 4.61. The molecule has 0 bridgehead atoms. The Balaban J connectivity index is 1.97. The van der Waals surface area contributed by atoms with Gasteiger partial charge in [0.05, 0.1) is 4.92 Å². The third kappa shape index (κ3) is 4.02. The molecule has 0 aliphatic carbocycles. The first-order chi connectivity index (χ1) is 10.6. The van der Waals surface area contributed by atoms with E-state index in [2.05, 4.69) is 15.6 Å². The van der Waals surface area contributed by atoms with Crippen LogP contribution in [0.2, 0.25) is 0 Å². The van der Waals surface area contributed by atoms with Crippen LogP contribution in [-0.4, -0.2) is 28.8 Å². The molecule has 2 rings (SSSR count). The highest BCUT2D eigenvalue weighted by molar-refractivity contribution is 5.95. The van der Waals surface area contributed by atoms with Gasteiger partial charge in [-0.05, 0) is 31.2 Å². The molecule has 0 fully saturated rings. The normalized spacial score (nSPS) is 10.0. The molecule has 22 heavy (non-hydrogen) atoms. The Morgan fingerprint density at radius 2 is 2.00 bits per heavy atom. The Labute approximate surface area is 127 Å². The molecule has 7 nitrogen and oxygen atoms in total. The van der Waals surface area contributed by atoms with E-state index >= 15 is 0 Å². The molecule has 0 radical (unpaired) electrons. The Kier molecular flexibility index (Phi) is 5.02. The number of aromatic nitrogens is 1. The molecular weight excluding hydrogens is 284 g/mol. The third-order valence-corrected chi connectivity index (χ3v) is 3.01. The van der Waals surface area contributed by atoms with E-state index in [0.29, 0.717) is 24.3 Å². The zero-order chi connectivity index (χ0) is 15.9. The minimum Gasteiger partial charge on any atom is -0.378 e. The lowest BCUT2D eigenvalue weighted by Gasteiger charge is -2.09. The van der Waals surface area contributed by atoms with Crippen molar-refractivity contribution in [3.63, 3.8) is 0 Å². The van der Waals surface area contributed by atoms with Crippen molar-refractivity contribution in [3.8, 4) is 0 Å². The van der Waals surface area contributed by atoms with Gasteiger partial charge in [0.25, 0.3) is 5.69 Å². The Bertz CT molecular complexity index is 674. The summed E-state index contributed by atoms with van der Waals surface area (Å²) in [7, 11) is 0. The van der Waals surface area contributed by atoms with Crippen LogP contribution in [0, 0.1) is 10.1 Å². The zero-order valence-electron chi connectivity index (χ0n) is 12.1. The van der Waals surface area contributed by atoms with E-state index in [1.807, 2.05) is 18.2 Å². The van der Waals surface area contributed by atoms with Crippen LogP contribution in [-0.2, 0) is 0 Å². The quantitative estimate of drug-likeness (QED) is 0.353. The largest absolute Gasteiger partial charge is 0.378 e. The maximum Gasteiger partial charge on any atom is 0.293 e. The molecule has 7 heteroatoms. The van der Waals surface area contributed by atoms with Crippen LogP contribution in [0.3, 0.4) is 0 Å². The van der Waals surface area contributed by atoms with Crippen molar-refractivity contribution in [3.05, 3.63) is 58.3 Å². The second kappa shape index (κ2) is 7.16. The number of carbonyl (C=O) groups excluding carboxylic acids is 1. The number of nitrogens with one attached hydrogen (secondary N) is 2. The maximum absolute atomic E-state index is 11.3. The van der Waals surface area contributed by atoms with Gasteiger partial charge in [0.15, 0.2) is 5.78 Å². The molecule has 0 unspecified atom stereocenters. The van der Waals surface area contributed by atoms with Crippen molar-refractivity contribution in [1.29, 1.82) is 0 Å². The lowest BCUT2D eigenvalue weighted by molar-refractivity contribution is -0.384. The number of hydrogen-bond donors (Lipinski definition) is 2. The first kappa shape index (κ1) is 15.4. The summed E-state index contributed by atoms with van der Waals surface area (Å²) < 4.78 is 0. The van der Waals surface area contributed by atoms with E-state index in [1.165, 1.54) is 13.0 Å². The number of Topliss-reactive ketones (excluding diaryl/α,β-unsaturated/α-hetero) is 1. The number of benzene rings is 1. The number of ketones is 1. The number of nitro groups is 1. The molecule has 0 spiro atoms. The SMILES string of the molecule is CC(=O)c1ccc(NCCNc2ccccn2)c([N+](=O)[O-])c1. The van der Waals surface area contributed by atoms with Crippen molar-refractivity contribution >= 4 is 23.0 Å². The Hall–Kier alpha value is -2.96. The molecule has 1 aromatic heterocycles. The van der Waals surface area contributed by atoms with Gasteiger partial charge in [0.1, 0.15) is 11.5 Å². The topological polar surface area (TPSA) is 97.2 Å². The van der Waals surface area contributed by atoms with Crippen LogP contribution in [0.25, 0.3) is 0 Å². The standard InChI is InChI=1S/C15H16N4O3/c1-11(20)12-5-6-13(14(10-12)19(21)22)16-8-9-18-15-4-2-3-7-17-15/h2-7,10,16H,8-9H2,1H3,(H,17,18). The molecule has 114 valence electrons. The number of nitro benzene ring substituents is 1. The Morgan fingerprint density at radius 3 is 2.64 bits per heavy atom. The maximum atomic E-state index is 11.3. The van der Waals surface area contributed by atoms with Crippen molar-refractivity contribution in [2.45, 2.75) is 6.92 Å². The first-order valence-corrected chi connectivity index (χ1v) is 6.76. The number of anilines is 2. The first-order valence-electron chi connectivity index (χ1n) is 6.76. The van der Waals surface area contributed by atoms with Crippen LogP contribution in [0.15, 0.2) is 42.6 Å². The molecule has 2 N–H and O–H groups in total. The summed E-state index contributed by atoms with van der Waals surface area (Å²) in [5.74, 6) is 0.539. The molecular formula is C15H16N4O3. The highest BCUT2D eigenvalue weighted by Gasteiger charge is 2.15. The van der Waals surface area contributed by atoms with Crippen molar-refractivity contribution < 1.29 is 9.72 Å². The van der Waals surface area contributed by atoms with E-state index in [1.54, 1.807) is 18.3 Å². The lowest BCUT2D eigenvalue weighted by Crippen LogP contribution is -2.15. The smallest absolute Gasteiger partial charge is 0.293 e. The van der Waals surface area contributed by atoms with Gasteiger partial charge in [-0.15, -0.1) is 0 Å². The summed E-state index contributed by atoms with van der Waals surface area (Å²) in [6, 6.07) is 9.94. The summed E-state index contributed by atoms with van der Waals surface area (Å²) >= 11 is 0. The summed E-state index contributed by atoms with van der Waals surface area (Å²) in [4.78, 5) is 26.0. The highest BCUT2D eigenvalue weighted by Crippen LogP contribution is 2.25. The van der Waals surface area contributed by atoms with E-state index in [4.69, 9.17) is 0 Å². The summed E-state index contributed by atoms with van der Waals surface area (Å²) in [5, 5.41) is 17.2. The van der Waals surface area contributed by atoms with Gasteiger partial charge >= 0.3 is 0 Å². The van der Waals surface area contributed by atoms with Crippen LogP contribution in [0.5, 0.6) is 0 Å². The fraction of sp³-hybridized carbons (Fsp3) is 0.200. The molecule has 0 atom stereocenters. The zero-order valence-corrected chi connectivity index (χ0v) is 12.1. The lowest BCUT2D eigenvalue weighted by atomic mass is 10.1. The molecule has 1 heterocycles. The molecule has 1 aromatic carbocycles. The van der Waals surface area contributed by atoms with Crippen LogP contribution < -0.4 is 10.6 Å². The van der Waals surface area contributed by atoms with Gasteiger partial charge in [0.2, 0.25) is 0 Å². The van der Waals surface area contributed by atoms with E-state index in [-0.39, 0.29) is 11.5 Å². The van der Waals surface area contributed by atoms with Gasteiger partial charge in [-0.2, -0.15) is 0 Å². The van der Waals surface area contributed by atoms with Gasteiger partial charge in [0, 0.05) is 30.9 Å². The molecule has 0 aliphatic heterocycles. The minimum absolute atomic E-state index is 0.106. The number of carbonyl (C=O) groups is 1. The average molecular weight is 300 g/mol. The number of hydrogen-bond acceptors (Lipinski definition) is 6. The summed E-state index contributed by atoms with van der Waals surface area (Å²) in [5.41, 5.74) is 0.604.